The maximum absolute atomic E-state index is 12.4. The summed E-state index contributed by atoms with van der Waals surface area (Å²) in [6, 6.07) is 7.03. The summed E-state index contributed by atoms with van der Waals surface area (Å²) in [4.78, 5) is 22.9. The van der Waals surface area contributed by atoms with Crippen LogP contribution in [0.5, 0.6) is 0 Å². The molecule has 0 spiro atoms. The first-order chi connectivity index (χ1) is 18.1. The molecule has 12 heteroatoms. The third-order valence-corrected chi connectivity index (χ3v) is 6.73. The largest absolute Gasteiger partial charge is 0.444 e. The first kappa shape index (κ1) is 26.0. The van der Waals surface area contributed by atoms with Crippen molar-refractivity contribution in [1.29, 1.82) is 0 Å². The van der Waals surface area contributed by atoms with E-state index in [1.54, 1.807) is 35.5 Å². The molecule has 1 saturated heterocycles. The average molecular weight is 556 g/mol. The maximum atomic E-state index is 12.4. The van der Waals surface area contributed by atoms with E-state index in [0.29, 0.717) is 34.3 Å². The molecule has 0 aliphatic carbocycles. The van der Waals surface area contributed by atoms with Crippen molar-refractivity contribution in [3.05, 3.63) is 52.9 Å². The molecule has 0 bridgehead atoms. The highest BCUT2D eigenvalue weighted by Gasteiger charge is 2.28. The molecule has 38 heavy (non-hydrogen) atoms. The van der Waals surface area contributed by atoms with Gasteiger partial charge in [0.2, 0.25) is 5.82 Å². The highest BCUT2D eigenvalue weighted by atomic mass is 35.5. The second kappa shape index (κ2) is 10.3. The fourth-order valence-electron chi connectivity index (χ4n) is 4.24. The molecule has 0 atom stereocenters. The predicted octanol–water partition coefficient (Wildman–Crippen LogP) is 6.12. The molecule has 0 unspecified atom stereocenters. The highest BCUT2D eigenvalue weighted by Crippen LogP contribution is 2.33. The summed E-state index contributed by atoms with van der Waals surface area (Å²) in [6.45, 7) is 6.82. The van der Waals surface area contributed by atoms with Gasteiger partial charge >= 0.3 is 6.09 Å². The van der Waals surface area contributed by atoms with Gasteiger partial charge in [-0.2, -0.15) is 10.1 Å². The zero-order valence-electron chi connectivity index (χ0n) is 21.2. The fraction of sp³-hybridized carbons (Fsp3) is 0.346. The number of hydrogen-bond donors (Lipinski definition) is 1. The minimum atomic E-state index is -0.512. The molecular weight excluding hydrogens is 529 g/mol. The lowest BCUT2D eigenvalue weighted by Gasteiger charge is -2.33. The molecule has 3 aromatic heterocycles. The van der Waals surface area contributed by atoms with Crippen molar-refractivity contribution >= 4 is 35.1 Å². The van der Waals surface area contributed by atoms with Crippen molar-refractivity contribution in [2.75, 3.05) is 18.8 Å². The number of carbonyl (C=O) groups excluding carboxylic acids is 1. The van der Waals surface area contributed by atoms with E-state index in [-0.39, 0.29) is 29.7 Å². The number of pyridine rings is 1. The second-order valence-electron chi connectivity index (χ2n) is 10.1. The molecule has 198 valence electrons. The van der Waals surface area contributed by atoms with Crippen molar-refractivity contribution in [3.8, 4) is 34.0 Å². The van der Waals surface area contributed by atoms with E-state index in [1.807, 2.05) is 37.7 Å². The maximum Gasteiger partial charge on any atom is 0.410 e. The minimum Gasteiger partial charge on any atom is -0.444 e. The smallest absolute Gasteiger partial charge is 0.410 e. The monoisotopic (exact) mass is 555 g/mol. The van der Waals surface area contributed by atoms with Gasteiger partial charge in [0, 0.05) is 41.6 Å². The van der Waals surface area contributed by atoms with Crippen LogP contribution >= 0.6 is 23.2 Å². The van der Waals surface area contributed by atoms with Crippen LogP contribution in [0.1, 0.15) is 39.7 Å². The number of carbonyl (C=O) groups is 1. The number of amides is 1. The predicted molar refractivity (Wildman–Crippen MR) is 145 cm³/mol. The molecule has 1 aliphatic rings. The van der Waals surface area contributed by atoms with E-state index in [9.17, 15) is 4.79 Å². The lowest BCUT2D eigenvalue weighted by atomic mass is 10.1. The quantitative estimate of drug-likeness (QED) is 0.319. The first-order valence-electron chi connectivity index (χ1n) is 12.1. The van der Waals surface area contributed by atoms with Crippen molar-refractivity contribution in [1.82, 2.24) is 29.8 Å². The normalized spacial score (nSPS) is 14.6. The highest BCUT2D eigenvalue weighted by molar-refractivity contribution is 6.35. The van der Waals surface area contributed by atoms with Crippen LogP contribution in [0.3, 0.4) is 0 Å². The van der Waals surface area contributed by atoms with Gasteiger partial charge < -0.3 is 19.9 Å². The van der Waals surface area contributed by atoms with Crippen LogP contribution in [0, 0.1) is 0 Å². The molecule has 1 aliphatic heterocycles. The van der Waals surface area contributed by atoms with Crippen LogP contribution in [0.2, 0.25) is 10.0 Å². The molecule has 1 aromatic carbocycles. The van der Waals surface area contributed by atoms with E-state index in [4.69, 9.17) is 38.2 Å². The van der Waals surface area contributed by atoms with Crippen molar-refractivity contribution in [3.63, 3.8) is 0 Å². The van der Waals surface area contributed by atoms with Crippen LogP contribution < -0.4 is 5.73 Å². The fourth-order valence-corrected chi connectivity index (χ4v) is 4.61. The molecule has 2 N–H and O–H groups in total. The molecule has 1 fully saturated rings. The molecule has 1 amide bonds. The van der Waals surface area contributed by atoms with Crippen molar-refractivity contribution in [2.45, 2.75) is 45.3 Å². The van der Waals surface area contributed by atoms with Gasteiger partial charge in [-0.25, -0.2) is 9.78 Å². The number of nitrogens with two attached hydrogens (primary N) is 1. The molecule has 0 saturated carbocycles. The Morgan fingerprint density at radius 3 is 2.61 bits per heavy atom. The first-order valence-corrected chi connectivity index (χ1v) is 12.9. The Labute approximate surface area is 229 Å². The number of anilines is 1. The van der Waals surface area contributed by atoms with Crippen LogP contribution in [0.15, 0.2) is 47.4 Å². The van der Waals surface area contributed by atoms with Gasteiger partial charge in [-0.3, -0.25) is 4.68 Å². The number of likely N-dealkylation sites (tertiary alicyclic amines) is 1. The van der Waals surface area contributed by atoms with E-state index in [1.165, 1.54) is 0 Å². The number of rotatable bonds is 4. The number of benzene rings is 1. The van der Waals surface area contributed by atoms with Gasteiger partial charge in [0.1, 0.15) is 11.4 Å². The van der Waals surface area contributed by atoms with Crippen LogP contribution in [-0.2, 0) is 4.74 Å². The Hall–Kier alpha value is -3.63. The van der Waals surface area contributed by atoms with Crippen LogP contribution in [0.25, 0.3) is 34.0 Å². The number of piperidine rings is 1. The summed E-state index contributed by atoms with van der Waals surface area (Å²) in [7, 11) is 0. The molecular formula is C26H27Cl2N7O3. The Kier molecular flexibility index (Phi) is 7.02. The topological polar surface area (TPSA) is 125 Å². The summed E-state index contributed by atoms with van der Waals surface area (Å²) < 4.78 is 12.9. The summed E-state index contributed by atoms with van der Waals surface area (Å²) in [5.74, 6) is 0.771. The zero-order chi connectivity index (χ0) is 27.0. The molecule has 0 radical (unpaired) electrons. The lowest BCUT2D eigenvalue weighted by molar-refractivity contribution is 0.0185. The second-order valence-corrected chi connectivity index (χ2v) is 11.0. The van der Waals surface area contributed by atoms with E-state index >= 15 is 0 Å². The third kappa shape index (κ3) is 5.61. The standard InChI is InChI=1S/C26H27Cl2N7O3/c1-26(2,3)37-25(36)34-8-6-18(7-9-34)35-14-16(13-31-35)15-10-20(22(29)30-12-15)23-32-24(38-33-23)19-11-17(27)4-5-21(19)28/h4-5,10-14,18H,6-9H2,1-3H3,(H2,29,30). The Bertz CT molecular complexity index is 1470. The number of hydrogen-bond acceptors (Lipinski definition) is 8. The van der Waals surface area contributed by atoms with Gasteiger partial charge in [0.15, 0.2) is 0 Å². The van der Waals surface area contributed by atoms with Crippen molar-refractivity contribution in [2.24, 2.45) is 0 Å². The van der Waals surface area contributed by atoms with Gasteiger partial charge in [-0.1, -0.05) is 28.4 Å². The molecule has 4 aromatic rings. The molecule has 10 nitrogen and oxygen atoms in total. The SMILES string of the molecule is CC(C)(C)OC(=O)N1CCC(n2cc(-c3cnc(N)c(-c4noc(-c5cc(Cl)ccc5Cl)n4)c3)cn2)CC1. The number of nitrogen functional groups attached to an aromatic ring is 1. The van der Waals surface area contributed by atoms with E-state index in [2.05, 4.69) is 20.2 Å². The van der Waals surface area contributed by atoms with E-state index in [0.717, 1.165) is 24.0 Å². The lowest BCUT2D eigenvalue weighted by Crippen LogP contribution is -2.42. The Morgan fingerprint density at radius 1 is 1.11 bits per heavy atom. The van der Waals surface area contributed by atoms with Gasteiger partial charge in [-0.05, 0) is 57.9 Å². The third-order valence-electron chi connectivity index (χ3n) is 6.17. The van der Waals surface area contributed by atoms with Gasteiger partial charge in [-0.15, -0.1) is 0 Å². The van der Waals surface area contributed by atoms with Crippen molar-refractivity contribution < 1.29 is 14.1 Å². The number of halogens is 2. The average Bonchev–Trinajstić information content (AvgIpc) is 3.56. The zero-order valence-corrected chi connectivity index (χ0v) is 22.7. The summed E-state index contributed by atoms with van der Waals surface area (Å²) in [5, 5.41) is 9.60. The molecule has 5 rings (SSSR count). The summed E-state index contributed by atoms with van der Waals surface area (Å²) >= 11 is 12.4. The Morgan fingerprint density at radius 2 is 1.87 bits per heavy atom. The van der Waals surface area contributed by atoms with Crippen LogP contribution in [-0.4, -0.2) is 54.6 Å². The van der Waals surface area contributed by atoms with Crippen LogP contribution in [0.4, 0.5) is 10.6 Å². The van der Waals surface area contributed by atoms with Gasteiger partial charge in [0.05, 0.1) is 28.4 Å². The summed E-state index contributed by atoms with van der Waals surface area (Å²) in [5.41, 5.74) is 8.37. The number of aromatic nitrogens is 5. The van der Waals surface area contributed by atoms with Gasteiger partial charge in [0.25, 0.3) is 5.89 Å². The summed E-state index contributed by atoms with van der Waals surface area (Å²) in [6.07, 6.45) is 6.72. The minimum absolute atomic E-state index is 0.172. The number of ether oxygens (including phenoxy) is 1. The molecule has 4 heterocycles. The number of nitrogens with zero attached hydrogens (tertiary/aromatic N) is 6. The Balaban J connectivity index is 1.32. The van der Waals surface area contributed by atoms with E-state index < -0.39 is 5.60 Å².